The maximum absolute atomic E-state index is 5.91. The molecule has 0 saturated heterocycles. The molecule has 2 rings (SSSR count). The van der Waals surface area contributed by atoms with Crippen LogP contribution in [0.1, 0.15) is 5.69 Å². The van der Waals surface area contributed by atoms with Gasteiger partial charge in [0.25, 0.3) is 0 Å². The third-order valence-corrected chi connectivity index (χ3v) is 3.21. The van der Waals surface area contributed by atoms with E-state index in [1.165, 1.54) is 17.5 Å². The maximum atomic E-state index is 5.91. The maximum Gasteiger partial charge on any atom is 0.190 e. The molecule has 2 aromatic heterocycles. The minimum absolute atomic E-state index is 0.456. The quantitative estimate of drug-likeness (QED) is 0.518. The van der Waals surface area contributed by atoms with Crippen molar-refractivity contribution >= 4 is 29.2 Å². The monoisotopic (exact) mass is 283 g/mol. The van der Waals surface area contributed by atoms with Crippen molar-refractivity contribution in [3.63, 3.8) is 0 Å². The molecule has 5 nitrogen and oxygen atoms in total. The van der Waals surface area contributed by atoms with Gasteiger partial charge in [0.05, 0.1) is 0 Å². The van der Waals surface area contributed by atoms with Crippen molar-refractivity contribution in [2.45, 2.75) is 11.6 Å². The van der Waals surface area contributed by atoms with Crippen LogP contribution < -0.4 is 5.32 Å². The Morgan fingerprint density at radius 3 is 2.94 bits per heavy atom. The standard InChI is InChI=1S/C11H14ClN5S/c1-17-8(4-6-14-17)3-5-13-10-7-9(12)15-11(16-10)18-2/h4,6-7H,3,5H2,1-2H3,(H,13,15,16). The zero-order valence-electron chi connectivity index (χ0n) is 10.2. The molecule has 0 bridgehead atoms. The van der Waals surface area contributed by atoms with Crippen LogP contribution >= 0.6 is 23.4 Å². The highest BCUT2D eigenvalue weighted by molar-refractivity contribution is 7.98. The zero-order valence-corrected chi connectivity index (χ0v) is 11.8. The first kappa shape index (κ1) is 13.2. The summed E-state index contributed by atoms with van der Waals surface area (Å²) < 4.78 is 1.86. The summed E-state index contributed by atoms with van der Waals surface area (Å²) in [4.78, 5) is 8.41. The fraction of sp³-hybridized carbons (Fsp3) is 0.364. The molecule has 0 atom stereocenters. The van der Waals surface area contributed by atoms with Gasteiger partial charge in [-0.05, 0) is 12.3 Å². The third kappa shape index (κ3) is 3.36. The number of anilines is 1. The highest BCUT2D eigenvalue weighted by Crippen LogP contribution is 2.17. The van der Waals surface area contributed by atoms with Gasteiger partial charge in [-0.1, -0.05) is 23.4 Å². The van der Waals surface area contributed by atoms with Crippen molar-refractivity contribution < 1.29 is 0 Å². The Kier molecular flexibility index (Phi) is 4.43. The largest absolute Gasteiger partial charge is 0.370 e. The molecule has 0 saturated carbocycles. The Morgan fingerprint density at radius 2 is 2.28 bits per heavy atom. The minimum Gasteiger partial charge on any atom is -0.370 e. The number of nitrogens with one attached hydrogen (secondary N) is 1. The smallest absolute Gasteiger partial charge is 0.190 e. The number of hydrogen-bond acceptors (Lipinski definition) is 5. The van der Waals surface area contributed by atoms with Crippen LogP contribution in [-0.4, -0.2) is 32.5 Å². The van der Waals surface area contributed by atoms with Crippen molar-refractivity contribution in [2.75, 3.05) is 18.1 Å². The van der Waals surface area contributed by atoms with Gasteiger partial charge < -0.3 is 5.32 Å². The molecule has 0 aliphatic carbocycles. The molecule has 0 unspecified atom stereocenters. The molecule has 2 aromatic rings. The van der Waals surface area contributed by atoms with E-state index in [0.29, 0.717) is 10.3 Å². The lowest BCUT2D eigenvalue weighted by atomic mass is 10.3. The molecular weight excluding hydrogens is 270 g/mol. The Bertz CT molecular complexity index is 528. The predicted molar refractivity (Wildman–Crippen MR) is 74.2 cm³/mol. The fourth-order valence-corrected chi connectivity index (χ4v) is 2.16. The van der Waals surface area contributed by atoms with Crippen LogP contribution in [0.25, 0.3) is 0 Å². The lowest BCUT2D eigenvalue weighted by molar-refractivity contribution is 0.710. The van der Waals surface area contributed by atoms with E-state index in [1.54, 1.807) is 12.3 Å². The van der Waals surface area contributed by atoms with Gasteiger partial charge in [-0.2, -0.15) is 5.10 Å². The summed E-state index contributed by atoms with van der Waals surface area (Å²) in [6.07, 6.45) is 4.60. The normalized spacial score (nSPS) is 10.6. The highest BCUT2D eigenvalue weighted by Gasteiger charge is 2.03. The van der Waals surface area contributed by atoms with Crippen molar-refractivity contribution in [3.8, 4) is 0 Å². The molecule has 1 N–H and O–H groups in total. The topological polar surface area (TPSA) is 55.6 Å². The van der Waals surface area contributed by atoms with E-state index in [-0.39, 0.29) is 0 Å². The second-order valence-electron chi connectivity index (χ2n) is 3.69. The van der Waals surface area contributed by atoms with E-state index in [2.05, 4.69) is 20.4 Å². The van der Waals surface area contributed by atoms with Gasteiger partial charge in [0, 0.05) is 38.0 Å². The van der Waals surface area contributed by atoms with Gasteiger partial charge in [-0.15, -0.1) is 0 Å². The van der Waals surface area contributed by atoms with Crippen molar-refractivity contribution in [1.29, 1.82) is 0 Å². The fourth-order valence-electron chi connectivity index (χ4n) is 1.54. The summed E-state index contributed by atoms with van der Waals surface area (Å²) in [5, 5.41) is 8.49. The van der Waals surface area contributed by atoms with E-state index in [9.17, 15) is 0 Å². The zero-order chi connectivity index (χ0) is 13.0. The van der Waals surface area contributed by atoms with E-state index in [1.807, 2.05) is 24.1 Å². The van der Waals surface area contributed by atoms with Crippen LogP contribution in [0.5, 0.6) is 0 Å². The summed E-state index contributed by atoms with van der Waals surface area (Å²) in [5.74, 6) is 0.751. The van der Waals surface area contributed by atoms with Gasteiger partial charge in [-0.25, -0.2) is 9.97 Å². The van der Waals surface area contributed by atoms with Crippen LogP contribution in [0.2, 0.25) is 5.15 Å². The van der Waals surface area contributed by atoms with Crippen molar-refractivity contribution in [1.82, 2.24) is 19.7 Å². The molecule has 96 valence electrons. The van der Waals surface area contributed by atoms with Gasteiger partial charge >= 0.3 is 0 Å². The molecule has 0 aliphatic rings. The van der Waals surface area contributed by atoms with Crippen LogP contribution in [0, 0.1) is 0 Å². The number of aromatic nitrogens is 4. The predicted octanol–water partition coefficient (Wildman–Crippen LogP) is 2.24. The summed E-state index contributed by atoms with van der Waals surface area (Å²) in [6.45, 7) is 0.778. The van der Waals surface area contributed by atoms with E-state index < -0.39 is 0 Å². The second kappa shape index (κ2) is 6.06. The summed E-state index contributed by atoms with van der Waals surface area (Å²) >= 11 is 7.38. The molecule has 0 spiro atoms. The minimum atomic E-state index is 0.456. The first-order valence-electron chi connectivity index (χ1n) is 5.48. The molecule has 0 aromatic carbocycles. The molecular formula is C11H14ClN5S. The molecule has 0 fully saturated rings. The Balaban J connectivity index is 1.94. The highest BCUT2D eigenvalue weighted by atomic mass is 35.5. The molecule has 0 aliphatic heterocycles. The molecule has 18 heavy (non-hydrogen) atoms. The van der Waals surface area contributed by atoms with Gasteiger partial charge in [0.2, 0.25) is 0 Å². The average molecular weight is 284 g/mol. The Morgan fingerprint density at radius 1 is 1.44 bits per heavy atom. The van der Waals surface area contributed by atoms with Crippen molar-refractivity contribution in [3.05, 3.63) is 29.2 Å². The van der Waals surface area contributed by atoms with E-state index in [0.717, 1.165) is 18.8 Å². The number of nitrogens with zero attached hydrogens (tertiary/aromatic N) is 4. The Labute approximate surface area is 115 Å². The molecule has 0 amide bonds. The number of thioether (sulfide) groups is 1. The number of rotatable bonds is 5. The SMILES string of the molecule is CSc1nc(Cl)cc(NCCc2ccnn2C)n1. The second-order valence-corrected chi connectivity index (χ2v) is 4.85. The van der Waals surface area contributed by atoms with Gasteiger partial charge in [0.1, 0.15) is 11.0 Å². The first-order chi connectivity index (χ1) is 8.69. The van der Waals surface area contributed by atoms with Crippen LogP contribution in [0.4, 0.5) is 5.82 Å². The van der Waals surface area contributed by atoms with E-state index >= 15 is 0 Å². The van der Waals surface area contributed by atoms with E-state index in [4.69, 9.17) is 11.6 Å². The van der Waals surface area contributed by atoms with Crippen molar-refractivity contribution in [2.24, 2.45) is 7.05 Å². The lowest BCUT2D eigenvalue weighted by Gasteiger charge is -2.07. The number of hydrogen-bond donors (Lipinski definition) is 1. The summed E-state index contributed by atoms with van der Waals surface area (Å²) in [5.41, 5.74) is 1.17. The summed E-state index contributed by atoms with van der Waals surface area (Å²) in [6, 6.07) is 3.73. The Hall–Kier alpha value is -1.27. The third-order valence-electron chi connectivity index (χ3n) is 2.47. The first-order valence-corrected chi connectivity index (χ1v) is 7.08. The van der Waals surface area contributed by atoms with Gasteiger partial charge in [-0.3, -0.25) is 4.68 Å². The average Bonchev–Trinajstić information content (AvgIpc) is 2.74. The molecule has 7 heteroatoms. The number of halogens is 1. The van der Waals surface area contributed by atoms with Crippen LogP contribution in [0.15, 0.2) is 23.5 Å². The van der Waals surface area contributed by atoms with Gasteiger partial charge in [0.15, 0.2) is 5.16 Å². The summed E-state index contributed by atoms with van der Waals surface area (Å²) in [7, 11) is 1.93. The molecule has 0 radical (unpaired) electrons. The number of aryl methyl sites for hydroxylation is 1. The molecule has 2 heterocycles. The lowest BCUT2D eigenvalue weighted by Crippen LogP contribution is -2.09. The van der Waals surface area contributed by atoms with Crippen LogP contribution in [0.3, 0.4) is 0 Å². The van der Waals surface area contributed by atoms with Crippen LogP contribution in [-0.2, 0) is 13.5 Å².